The largest absolute Gasteiger partial charge is 0.479 e. The number of hydrogen-bond acceptors (Lipinski definition) is 9. The summed E-state index contributed by atoms with van der Waals surface area (Å²) in [5, 5.41) is 26.2. The molecule has 1 atom stereocenters. The molecule has 2 heterocycles. The third-order valence-electron chi connectivity index (χ3n) is 6.56. The first-order valence-electron chi connectivity index (χ1n) is 13.4. The summed E-state index contributed by atoms with van der Waals surface area (Å²) in [6.45, 7) is 0. The van der Waals surface area contributed by atoms with Crippen LogP contribution in [0, 0.1) is 0 Å². The van der Waals surface area contributed by atoms with E-state index < -0.39 is 12.1 Å². The average molecular weight is 611 g/mol. The summed E-state index contributed by atoms with van der Waals surface area (Å²) in [5.41, 5.74) is 4.82. The van der Waals surface area contributed by atoms with Crippen LogP contribution >= 0.6 is 11.6 Å². The van der Waals surface area contributed by atoms with Gasteiger partial charge in [-0.2, -0.15) is 4.68 Å². The van der Waals surface area contributed by atoms with Gasteiger partial charge in [0.25, 0.3) is 0 Å². The number of halogens is 1. The topological polar surface area (TPSA) is 146 Å². The minimum Gasteiger partial charge on any atom is -0.479 e. The fourth-order valence-electron chi connectivity index (χ4n) is 4.43. The van der Waals surface area contributed by atoms with E-state index in [-0.39, 0.29) is 5.91 Å². The second kappa shape index (κ2) is 14.0. The first-order valence-corrected chi connectivity index (χ1v) is 13.7. The number of amides is 2. The Morgan fingerprint density at radius 1 is 1.00 bits per heavy atom. The van der Waals surface area contributed by atoms with Crippen LogP contribution in [0.2, 0.25) is 5.02 Å². The summed E-state index contributed by atoms with van der Waals surface area (Å²) in [6, 6.07) is 23.3. The van der Waals surface area contributed by atoms with Gasteiger partial charge < -0.3 is 14.8 Å². The van der Waals surface area contributed by atoms with Crippen LogP contribution in [0.4, 0.5) is 10.5 Å². The van der Waals surface area contributed by atoms with Crippen molar-refractivity contribution in [2.45, 2.75) is 12.5 Å². The zero-order valence-corrected chi connectivity index (χ0v) is 24.5. The quantitative estimate of drug-likeness (QED) is 0.207. The van der Waals surface area contributed by atoms with Gasteiger partial charge in [0.15, 0.2) is 0 Å². The van der Waals surface area contributed by atoms with Gasteiger partial charge in [-0.25, -0.2) is 4.79 Å². The van der Waals surface area contributed by atoms with Crippen LogP contribution in [0.1, 0.15) is 22.9 Å². The van der Waals surface area contributed by atoms with Gasteiger partial charge in [0.2, 0.25) is 11.8 Å². The van der Waals surface area contributed by atoms with Gasteiger partial charge in [-0.05, 0) is 70.4 Å². The van der Waals surface area contributed by atoms with Gasteiger partial charge in [0.1, 0.15) is 6.33 Å². The first kappa shape index (κ1) is 29.9. The number of ether oxygens (including phenoxy) is 2. The molecule has 0 aliphatic heterocycles. The number of benzene rings is 3. The van der Waals surface area contributed by atoms with E-state index in [4.69, 9.17) is 16.3 Å². The molecule has 0 spiro atoms. The summed E-state index contributed by atoms with van der Waals surface area (Å²) in [5.74, 6) is -0.0471. The molecule has 0 bridgehead atoms. The molecule has 13 heteroatoms. The van der Waals surface area contributed by atoms with E-state index in [1.54, 1.807) is 36.4 Å². The molecule has 2 aromatic heterocycles. The van der Waals surface area contributed by atoms with Crippen LogP contribution in [0.15, 0.2) is 91.3 Å². The van der Waals surface area contributed by atoms with Crippen molar-refractivity contribution in [2.75, 3.05) is 19.5 Å². The minimum atomic E-state index is -0.571. The van der Waals surface area contributed by atoms with Crippen LogP contribution in [0.3, 0.4) is 0 Å². The minimum absolute atomic E-state index is 0.309. The molecule has 0 saturated heterocycles. The molecule has 44 heavy (non-hydrogen) atoms. The molecule has 5 aromatic rings. The zero-order valence-electron chi connectivity index (χ0n) is 23.7. The highest BCUT2D eigenvalue weighted by Crippen LogP contribution is 2.31. The molecule has 2 amide bonds. The van der Waals surface area contributed by atoms with Crippen molar-refractivity contribution in [3.8, 4) is 22.7 Å². The number of anilines is 1. The van der Waals surface area contributed by atoms with Crippen LogP contribution in [-0.4, -0.2) is 56.6 Å². The number of rotatable bonds is 10. The Morgan fingerprint density at radius 3 is 2.50 bits per heavy atom. The number of aromatic nitrogens is 6. The summed E-state index contributed by atoms with van der Waals surface area (Å²) >= 11 is 6.23. The smallest absolute Gasteiger partial charge is 0.411 e. The predicted octanol–water partition coefficient (Wildman–Crippen LogP) is 5.07. The van der Waals surface area contributed by atoms with Crippen LogP contribution in [0.25, 0.3) is 22.9 Å². The number of nitrogens with zero attached hydrogens (tertiary/aromatic N) is 6. The van der Waals surface area contributed by atoms with Gasteiger partial charge in [0.05, 0.1) is 31.6 Å². The summed E-state index contributed by atoms with van der Waals surface area (Å²) in [6.07, 6.45) is 4.41. The van der Waals surface area contributed by atoms with Crippen molar-refractivity contribution in [3.05, 3.63) is 113 Å². The highest BCUT2D eigenvalue weighted by atomic mass is 35.5. The number of carbonyl (C=O) groups is 2. The molecule has 0 saturated carbocycles. The maximum atomic E-state index is 13.3. The predicted molar refractivity (Wildman–Crippen MR) is 164 cm³/mol. The summed E-state index contributed by atoms with van der Waals surface area (Å²) in [7, 11) is 2.80. The van der Waals surface area contributed by atoms with Gasteiger partial charge in [0, 0.05) is 27.9 Å². The Labute approximate surface area is 257 Å². The van der Waals surface area contributed by atoms with E-state index in [0.29, 0.717) is 45.5 Å². The lowest BCUT2D eigenvalue weighted by molar-refractivity contribution is -0.117. The fourth-order valence-corrected chi connectivity index (χ4v) is 4.61. The van der Waals surface area contributed by atoms with Crippen molar-refractivity contribution in [1.29, 1.82) is 0 Å². The lowest BCUT2D eigenvalue weighted by Crippen LogP contribution is -2.29. The lowest BCUT2D eigenvalue weighted by Gasteiger charge is -2.19. The molecule has 0 radical (unpaired) electrons. The van der Waals surface area contributed by atoms with E-state index in [9.17, 15) is 9.59 Å². The number of carbonyl (C=O) groups excluding carboxylic acids is 2. The van der Waals surface area contributed by atoms with Crippen molar-refractivity contribution in [2.24, 2.45) is 0 Å². The Balaban J connectivity index is 1.44. The second-order valence-corrected chi connectivity index (χ2v) is 9.86. The summed E-state index contributed by atoms with van der Waals surface area (Å²) in [4.78, 5) is 24.9. The SMILES string of the molecule is COC(=O)Nc1ccc(-c2cc(C(Cc3ccccc3)NC(=O)C=Cc3cc(Cl)ccc3-n3cnnn3)nnc2OC)cc1. The molecule has 0 aliphatic rings. The fraction of sp³-hybridized carbons (Fsp3) is 0.129. The molecule has 2 N–H and O–H groups in total. The van der Waals surface area contributed by atoms with Crippen molar-refractivity contribution in [1.82, 2.24) is 35.7 Å². The third-order valence-corrected chi connectivity index (χ3v) is 6.79. The average Bonchev–Trinajstić information content (AvgIpc) is 3.59. The number of hydrogen-bond donors (Lipinski definition) is 2. The first-order chi connectivity index (χ1) is 21.4. The van der Waals surface area contributed by atoms with E-state index in [1.807, 2.05) is 48.5 Å². The van der Waals surface area contributed by atoms with E-state index in [1.165, 1.54) is 31.3 Å². The van der Waals surface area contributed by atoms with Crippen molar-refractivity contribution < 1.29 is 19.1 Å². The van der Waals surface area contributed by atoms with Gasteiger partial charge in [-0.3, -0.25) is 10.1 Å². The number of methoxy groups -OCH3 is 2. The zero-order chi connectivity index (χ0) is 30.9. The second-order valence-electron chi connectivity index (χ2n) is 9.43. The normalized spacial score (nSPS) is 11.6. The highest BCUT2D eigenvalue weighted by molar-refractivity contribution is 6.30. The Bertz CT molecular complexity index is 1760. The van der Waals surface area contributed by atoms with E-state index >= 15 is 0 Å². The molecule has 12 nitrogen and oxygen atoms in total. The monoisotopic (exact) mass is 610 g/mol. The molecule has 5 rings (SSSR count). The molecular weight excluding hydrogens is 584 g/mol. The van der Waals surface area contributed by atoms with Crippen molar-refractivity contribution >= 4 is 35.4 Å². The molecule has 0 aliphatic carbocycles. The Morgan fingerprint density at radius 2 is 1.80 bits per heavy atom. The standard InChI is InChI=1S/C31H27ClN8O4/c1-43-30-25(21-8-12-24(13-9-21)34-31(42)44-2)18-27(36-37-30)26(16-20-6-4-3-5-7-20)35-29(41)15-10-22-17-23(32)11-14-28(22)40-19-33-38-39-40/h3-15,17-19,26H,16H2,1-2H3,(H,34,42)(H,35,41). The maximum absolute atomic E-state index is 13.3. The van der Waals surface area contributed by atoms with Crippen LogP contribution in [0.5, 0.6) is 5.88 Å². The number of tetrazole rings is 1. The van der Waals surface area contributed by atoms with Crippen molar-refractivity contribution in [3.63, 3.8) is 0 Å². The molecule has 1 unspecified atom stereocenters. The summed E-state index contributed by atoms with van der Waals surface area (Å²) < 4.78 is 11.6. The number of nitrogens with one attached hydrogen (secondary N) is 2. The van der Waals surface area contributed by atoms with Crippen LogP contribution < -0.4 is 15.4 Å². The van der Waals surface area contributed by atoms with E-state index in [2.05, 4.69) is 41.1 Å². The maximum Gasteiger partial charge on any atom is 0.411 e. The van der Waals surface area contributed by atoms with Gasteiger partial charge in [-0.15, -0.1) is 15.3 Å². The van der Waals surface area contributed by atoms with E-state index in [0.717, 1.165) is 11.1 Å². The molecule has 0 fully saturated rings. The molecular formula is C31H27ClN8O4. The van der Waals surface area contributed by atoms with Gasteiger partial charge in [-0.1, -0.05) is 54.1 Å². The van der Waals surface area contributed by atoms with Crippen LogP contribution in [-0.2, 0) is 16.0 Å². The van der Waals surface area contributed by atoms with Gasteiger partial charge >= 0.3 is 6.09 Å². The molecule has 222 valence electrons. The Hall–Kier alpha value is -5.62. The molecule has 3 aromatic carbocycles. The highest BCUT2D eigenvalue weighted by Gasteiger charge is 2.20. The lowest BCUT2D eigenvalue weighted by atomic mass is 10.00. The third kappa shape index (κ3) is 7.41. The Kier molecular flexibility index (Phi) is 9.52.